The SMILES string of the molecule is COc1cccc(C2=NN(C(=O)CN(CCN3CCOCC3)C(=O)C3CCC3)[C@@H](c3ccccc3)C2)c1. The van der Waals surface area contributed by atoms with Crippen LogP contribution in [-0.2, 0) is 14.3 Å². The number of benzene rings is 2. The van der Waals surface area contributed by atoms with E-state index in [-0.39, 0.29) is 30.3 Å². The van der Waals surface area contributed by atoms with E-state index in [0.717, 1.165) is 61.5 Å². The van der Waals surface area contributed by atoms with Gasteiger partial charge in [-0.1, -0.05) is 48.9 Å². The van der Waals surface area contributed by atoms with E-state index in [1.54, 1.807) is 17.0 Å². The molecule has 2 heterocycles. The van der Waals surface area contributed by atoms with Crippen LogP contribution in [0, 0.1) is 5.92 Å². The van der Waals surface area contributed by atoms with Crippen LogP contribution in [0.2, 0.25) is 0 Å². The van der Waals surface area contributed by atoms with Gasteiger partial charge in [-0.25, -0.2) is 5.01 Å². The lowest BCUT2D eigenvalue weighted by Crippen LogP contribution is -2.49. The lowest BCUT2D eigenvalue weighted by atomic mass is 9.84. The summed E-state index contributed by atoms with van der Waals surface area (Å²) in [7, 11) is 1.64. The van der Waals surface area contributed by atoms with Gasteiger partial charge >= 0.3 is 0 Å². The number of rotatable bonds is 9. The fourth-order valence-electron chi connectivity index (χ4n) is 5.16. The molecule has 2 amide bonds. The first-order valence-electron chi connectivity index (χ1n) is 13.3. The van der Waals surface area contributed by atoms with Crippen LogP contribution in [0.5, 0.6) is 5.75 Å². The third kappa shape index (κ3) is 6.02. The number of nitrogens with zero attached hydrogens (tertiary/aromatic N) is 4. The van der Waals surface area contributed by atoms with E-state index in [1.165, 1.54) is 0 Å². The van der Waals surface area contributed by atoms with Crippen molar-refractivity contribution in [2.24, 2.45) is 11.0 Å². The molecule has 1 aliphatic carbocycles. The molecule has 5 rings (SSSR count). The van der Waals surface area contributed by atoms with Crippen LogP contribution in [-0.4, -0.2) is 85.4 Å². The predicted octanol–water partition coefficient (Wildman–Crippen LogP) is 3.33. The summed E-state index contributed by atoms with van der Waals surface area (Å²) < 4.78 is 10.9. The quantitative estimate of drug-likeness (QED) is 0.524. The molecular weight excluding hydrogens is 468 g/mol. The summed E-state index contributed by atoms with van der Waals surface area (Å²) >= 11 is 0. The van der Waals surface area contributed by atoms with E-state index in [4.69, 9.17) is 14.6 Å². The Hall–Kier alpha value is -3.23. The zero-order valence-electron chi connectivity index (χ0n) is 21.6. The number of carbonyl (C=O) groups excluding carboxylic acids is 2. The maximum Gasteiger partial charge on any atom is 0.262 e. The van der Waals surface area contributed by atoms with Gasteiger partial charge in [0.15, 0.2) is 0 Å². The van der Waals surface area contributed by atoms with Gasteiger partial charge in [-0.3, -0.25) is 14.5 Å². The van der Waals surface area contributed by atoms with E-state index < -0.39 is 0 Å². The highest BCUT2D eigenvalue weighted by atomic mass is 16.5. The molecule has 8 heteroatoms. The molecule has 0 aromatic heterocycles. The smallest absolute Gasteiger partial charge is 0.262 e. The second-order valence-electron chi connectivity index (χ2n) is 9.99. The minimum atomic E-state index is -0.213. The molecule has 8 nitrogen and oxygen atoms in total. The van der Waals surface area contributed by atoms with Crippen LogP contribution in [0.25, 0.3) is 0 Å². The number of hydrogen-bond acceptors (Lipinski definition) is 6. The third-order valence-electron chi connectivity index (χ3n) is 7.64. The van der Waals surface area contributed by atoms with Gasteiger partial charge in [0, 0.05) is 44.1 Å². The Kier molecular flexibility index (Phi) is 8.16. The van der Waals surface area contributed by atoms with E-state index >= 15 is 0 Å². The number of amides is 2. The molecule has 2 aromatic carbocycles. The summed E-state index contributed by atoms with van der Waals surface area (Å²) in [5.74, 6) is 0.736. The van der Waals surface area contributed by atoms with E-state index in [9.17, 15) is 9.59 Å². The average Bonchev–Trinajstić information content (AvgIpc) is 3.37. The van der Waals surface area contributed by atoms with Crippen LogP contribution >= 0.6 is 0 Å². The fraction of sp³-hybridized carbons (Fsp3) is 0.483. The summed E-state index contributed by atoms with van der Waals surface area (Å²) in [5.41, 5.74) is 2.80. The molecule has 0 radical (unpaired) electrons. The van der Waals surface area contributed by atoms with Crippen molar-refractivity contribution < 1.29 is 19.1 Å². The fourth-order valence-corrected chi connectivity index (χ4v) is 5.16. The predicted molar refractivity (Wildman–Crippen MR) is 141 cm³/mol. The van der Waals surface area contributed by atoms with Gasteiger partial charge in [-0.15, -0.1) is 0 Å². The Morgan fingerprint density at radius 2 is 1.86 bits per heavy atom. The molecule has 0 bridgehead atoms. The maximum atomic E-state index is 13.8. The van der Waals surface area contributed by atoms with Crippen molar-refractivity contribution in [3.63, 3.8) is 0 Å². The lowest BCUT2D eigenvalue weighted by molar-refractivity contribution is -0.145. The Bertz CT molecular complexity index is 1110. The minimum Gasteiger partial charge on any atom is -0.497 e. The van der Waals surface area contributed by atoms with Crippen LogP contribution < -0.4 is 4.74 Å². The minimum absolute atomic E-state index is 0.0387. The maximum absolute atomic E-state index is 13.8. The van der Waals surface area contributed by atoms with Crippen LogP contribution in [0.3, 0.4) is 0 Å². The van der Waals surface area contributed by atoms with Crippen LogP contribution in [0.15, 0.2) is 59.7 Å². The molecule has 3 aliphatic rings. The first kappa shape index (κ1) is 25.4. The number of hydrazone groups is 1. The second kappa shape index (κ2) is 11.9. The molecule has 0 spiro atoms. The van der Waals surface area contributed by atoms with Gasteiger partial charge in [-0.05, 0) is 30.5 Å². The third-order valence-corrected chi connectivity index (χ3v) is 7.64. The van der Waals surface area contributed by atoms with Gasteiger partial charge in [0.05, 0.1) is 32.1 Å². The van der Waals surface area contributed by atoms with Gasteiger partial charge in [0.2, 0.25) is 5.91 Å². The normalized spacial score (nSPS) is 20.3. The van der Waals surface area contributed by atoms with Crippen molar-refractivity contribution in [1.29, 1.82) is 0 Å². The molecule has 2 aliphatic heterocycles. The van der Waals surface area contributed by atoms with Crippen LogP contribution in [0.4, 0.5) is 0 Å². The average molecular weight is 505 g/mol. The van der Waals surface area contributed by atoms with Crippen molar-refractivity contribution in [2.45, 2.75) is 31.7 Å². The van der Waals surface area contributed by atoms with Gasteiger partial charge < -0.3 is 14.4 Å². The summed E-state index contributed by atoms with van der Waals surface area (Å²) in [5, 5.41) is 6.41. The zero-order chi connectivity index (χ0) is 25.6. The number of hydrogen-bond donors (Lipinski definition) is 0. The molecule has 0 N–H and O–H groups in total. The lowest BCUT2D eigenvalue weighted by Gasteiger charge is -2.34. The first-order valence-corrected chi connectivity index (χ1v) is 13.3. The highest BCUT2D eigenvalue weighted by Crippen LogP contribution is 2.34. The molecule has 0 unspecified atom stereocenters. The molecule has 37 heavy (non-hydrogen) atoms. The van der Waals surface area contributed by atoms with Gasteiger partial charge in [-0.2, -0.15) is 5.10 Å². The Labute approximate surface area is 218 Å². The summed E-state index contributed by atoms with van der Waals surface area (Å²) in [6.45, 7) is 4.46. The number of methoxy groups -OCH3 is 1. The molecule has 1 saturated heterocycles. The monoisotopic (exact) mass is 504 g/mol. The Morgan fingerprint density at radius 3 is 2.57 bits per heavy atom. The van der Waals surface area contributed by atoms with Crippen molar-refractivity contribution >= 4 is 17.5 Å². The molecule has 196 valence electrons. The topological polar surface area (TPSA) is 74.7 Å². The second-order valence-corrected chi connectivity index (χ2v) is 9.99. The largest absolute Gasteiger partial charge is 0.497 e. The molecule has 2 fully saturated rings. The van der Waals surface area contributed by atoms with Gasteiger partial charge in [0.1, 0.15) is 12.3 Å². The highest BCUT2D eigenvalue weighted by molar-refractivity contribution is 6.03. The highest BCUT2D eigenvalue weighted by Gasteiger charge is 2.36. The summed E-state index contributed by atoms with van der Waals surface area (Å²) in [6, 6.07) is 17.6. The Morgan fingerprint density at radius 1 is 1.08 bits per heavy atom. The van der Waals surface area contributed by atoms with E-state index in [2.05, 4.69) is 4.90 Å². The van der Waals surface area contributed by atoms with Crippen molar-refractivity contribution in [3.8, 4) is 5.75 Å². The number of ether oxygens (including phenoxy) is 2. The molecular formula is C29H36N4O4. The molecule has 2 aromatic rings. The number of morpholine rings is 1. The first-order chi connectivity index (χ1) is 18.1. The molecule has 1 saturated carbocycles. The standard InChI is InChI=1S/C29H36N4O4/c1-36-25-12-6-11-24(19-25)26-20-27(22-7-3-2-4-8-22)33(30-26)28(34)21-32(29(35)23-9-5-10-23)14-13-31-15-17-37-18-16-31/h2-4,6-8,11-12,19,23,27H,5,9-10,13-18,20-21H2,1H3/t27-/m1/s1. The summed E-state index contributed by atoms with van der Waals surface area (Å²) in [4.78, 5) is 31.2. The van der Waals surface area contributed by atoms with E-state index in [0.29, 0.717) is 26.2 Å². The van der Waals surface area contributed by atoms with Crippen molar-refractivity contribution in [1.82, 2.24) is 14.8 Å². The number of carbonyl (C=O) groups is 2. The van der Waals surface area contributed by atoms with Gasteiger partial charge in [0.25, 0.3) is 5.91 Å². The zero-order valence-corrected chi connectivity index (χ0v) is 21.6. The van der Waals surface area contributed by atoms with Crippen molar-refractivity contribution in [3.05, 3.63) is 65.7 Å². The van der Waals surface area contributed by atoms with Crippen LogP contribution in [0.1, 0.15) is 42.9 Å². The molecule has 1 atom stereocenters. The van der Waals surface area contributed by atoms with E-state index in [1.807, 2.05) is 54.6 Å². The van der Waals surface area contributed by atoms with Crippen molar-refractivity contribution in [2.75, 3.05) is 53.0 Å². The summed E-state index contributed by atoms with van der Waals surface area (Å²) in [6.07, 6.45) is 3.51. The Balaban J connectivity index is 1.36.